The first kappa shape index (κ1) is 12.5. The zero-order chi connectivity index (χ0) is 11.1. The summed E-state index contributed by atoms with van der Waals surface area (Å²) < 4.78 is 3.28. The molecular weight excluding hydrogens is 206 g/mol. The van der Waals surface area contributed by atoms with Crippen LogP contribution in [0.2, 0.25) is 0 Å². The third-order valence-corrected chi connectivity index (χ3v) is 2.72. The molecule has 0 radical (unpaired) electrons. The van der Waals surface area contributed by atoms with Gasteiger partial charge in [0.1, 0.15) is 0 Å². The zero-order valence-corrected chi connectivity index (χ0v) is 10.5. The van der Waals surface area contributed by atoms with Crippen molar-refractivity contribution in [3.8, 4) is 0 Å². The summed E-state index contributed by atoms with van der Waals surface area (Å²) >= 11 is 1.53. The number of hydrogen-bond acceptors (Lipinski definition) is 4. The van der Waals surface area contributed by atoms with Gasteiger partial charge in [-0.25, -0.2) is 9.97 Å². The van der Waals surface area contributed by atoms with Crippen molar-refractivity contribution in [1.29, 1.82) is 0 Å². The van der Waals surface area contributed by atoms with E-state index in [2.05, 4.69) is 21.6 Å². The normalized spacial score (nSPS) is 10.6. The summed E-state index contributed by atoms with van der Waals surface area (Å²) in [6.07, 6.45) is 3.75. The second-order valence-corrected chi connectivity index (χ2v) is 4.49. The average molecular weight is 225 g/mol. The lowest BCUT2D eigenvalue weighted by molar-refractivity contribution is 0.707. The predicted octanol–water partition coefficient (Wildman–Crippen LogP) is 2.88. The van der Waals surface area contributed by atoms with E-state index < -0.39 is 0 Å². The molecule has 0 aromatic carbocycles. The summed E-state index contributed by atoms with van der Waals surface area (Å²) in [5.74, 6) is 0. The topological polar surface area (TPSA) is 37.8 Å². The van der Waals surface area contributed by atoms with Gasteiger partial charge < -0.3 is 0 Å². The Morgan fingerprint density at radius 2 is 1.87 bits per heavy atom. The maximum atomic E-state index is 4.34. The van der Waals surface area contributed by atoms with Crippen molar-refractivity contribution < 1.29 is 0 Å². The molecule has 0 spiro atoms. The molecule has 3 nitrogen and oxygen atoms in total. The van der Waals surface area contributed by atoms with Crippen LogP contribution in [-0.2, 0) is 0 Å². The van der Waals surface area contributed by atoms with Gasteiger partial charge in [0.05, 0.1) is 0 Å². The fraction of sp³-hybridized carbons (Fsp3) is 0.636. The van der Waals surface area contributed by atoms with Gasteiger partial charge in [-0.1, -0.05) is 19.8 Å². The van der Waals surface area contributed by atoms with E-state index in [1.54, 1.807) is 0 Å². The van der Waals surface area contributed by atoms with Gasteiger partial charge in [0.15, 0.2) is 0 Å². The summed E-state index contributed by atoms with van der Waals surface area (Å²) in [6.45, 7) is 7.22. The first-order valence-electron chi connectivity index (χ1n) is 5.44. The quantitative estimate of drug-likeness (QED) is 0.459. The van der Waals surface area contributed by atoms with E-state index >= 15 is 0 Å². The Morgan fingerprint density at radius 3 is 2.47 bits per heavy atom. The Bertz CT molecular complexity index is 282. The fourth-order valence-electron chi connectivity index (χ4n) is 1.30. The van der Waals surface area contributed by atoms with E-state index in [0.29, 0.717) is 0 Å². The SMILES string of the molecule is CCCCCNSc1nc(C)cc(C)n1. The van der Waals surface area contributed by atoms with E-state index in [-0.39, 0.29) is 0 Å². The standard InChI is InChI=1S/C11H19N3S/c1-4-5-6-7-12-15-11-13-9(2)8-10(3)14-11/h8,12H,4-7H2,1-3H3. The van der Waals surface area contributed by atoms with Crippen LogP contribution in [0.4, 0.5) is 0 Å². The lowest BCUT2D eigenvalue weighted by atomic mass is 10.3. The second kappa shape index (κ2) is 6.80. The Kier molecular flexibility index (Phi) is 5.65. The number of nitrogens with one attached hydrogen (secondary N) is 1. The van der Waals surface area contributed by atoms with Gasteiger partial charge in [-0.3, -0.25) is 4.72 Å². The fourth-order valence-corrected chi connectivity index (χ4v) is 2.06. The van der Waals surface area contributed by atoms with Gasteiger partial charge in [0.25, 0.3) is 0 Å². The van der Waals surface area contributed by atoms with E-state index in [9.17, 15) is 0 Å². The molecule has 1 heterocycles. The number of nitrogens with zero attached hydrogens (tertiary/aromatic N) is 2. The lowest BCUT2D eigenvalue weighted by Gasteiger charge is -2.03. The second-order valence-electron chi connectivity index (χ2n) is 3.64. The Labute approximate surface area is 96.2 Å². The molecule has 0 aliphatic heterocycles. The highest BCUT2D eigenvalue weighted by Crippen LogP contribution is 2.10. The molecule has 0 bridgehead atoms. The molecule has 1 aromatic heterocycles. The third-order valence-electron chi connectivity index (χ3n) is 2.01. The maximum absolute atomic E-state index is 4.34. The Morgan fingerprint density at radius 1 is 1.20 bits per heavy atom. The summed E-state index contributed by atoms with van der Waals surface area (Å²) in [5.41, 5.74) is 2.06. The van der Waals surface area contributed by atoms with E-state index in [0.717, 1.165) is 23.1 Å². The zero-order valence-electron chi connectivity index (χ0n) is 9.71. The number of rotatable bonds is 6. The molecule has 0 amide bonds. The molecule has 1 rings (SSSR count). The molecular formula is C11H19N3S. The monoisotopic (exact) mass is 225 g/mol. The van der Waals surface area contributed by atoms with Crippen molar-refractivity contribution >= 4 is 11.9 Å². The van der Waals surface area contributed by atoms with Crippen LogP contribution in [-0.4, -0.2) is 16.5 Å². The summed E-state index contributed by atoms with van der Waals surface area (Å²) in [5, 5.41) is 0.823. The molecule has 84 valence electrons. The van der Waals surface area contributed by atoms with Crippen LogP contribution < -0.4 is 4.72 Å². The van der Waals surface area contributed by atoms with Gasteiger partial charge in [-0.2, -0.15) is 0 Å². The van der Waals surface area contributed by atoms with E-state index in [4.69, 9.17) is 0 Å². The molecule has 0 fully saturated rings. The minimum Gasteiger partial charge on any atom is -0.257 e. The van der Waals surface area contributed by atoms with Gasteiger partial charge in [-0.05, 0) is 38.3 Å². The largest absolute Gasteiger partial charge is 0.257 e. The molecule has 0 saturated heterocycles. The van der Waals surface area contributed by atoms with Crippen LogP contribution in [0, 0.1) is 13.8 Å². The molecule has 1 N–H and O–H groups in total. The molecule has 1 aromatic rings. The third kappa shape index (κ3) is 5.14. The summed E-state index contributed by atoms with van der Waals surface area (Å²) in [7, 11) is 0. The van der Waals surface area contributed by atoms with Crippen LogP contribution >= 0.6 is 11.9 Å². The van der Waals surface area contributed by atoms with Crippen LogP contribution in [0.1, 0.15) is 37.6 Å². The minimum absolute atomic E-state index is 0.823. The van der Waals surface area contributed by atoms with Crippen molar-refractivity contribution in [2.45, 2.75) is 45.2 Å². The summed E-state index contributed by atoms with van der Waals surface area (Å²) in [6, 6.07) is 1.99. The molecule has 0 aliphatic rings. The number of aryl methyl sites for hydroxylation is 2. The molecule has 0 saturated carbocycles. The van der Waals surface area contributed by atoms with Crippen LogP contribution in [0.5, 0.6) is 0 Å². The Balaban J connectivity index is 2.31. The van der Waals surface area contributed by atoms with Gasteiger partial charge in [0, 0.05) is 17.9 Å². The lowest BCUT2D eigenvalue weighted by Crippen LogP contribution is -2.07. The highest BCUT2D eigenvalue weighted by Gasteiger charge is 1.99. The average Bonchev–Trinajstić information content (AvgIpc) is 2.16. The number of hydrogen-bond donors (Lipinski definition) is 1. The van der Waals surface area contributed by atoms with Crippen molar-refractivity contribution in [1.82, 2.24) is 14.7 Å². The van der Waals surface area contributed by atoms with Gasteiger partial charge >= 0.3 is 0 Å². The summed E-state index contributed by atoms with van der Waals surface area (Å²) in [4.78, 5) is 8.68. The van der Waals surface area contributed by atoms with E-state index in [1.165, 1.54) is 31.2 Å². The Hall–Kier alpha value is -0.610. The van der Waals surface area contributed by atoms with Crippen molar-refractivity contribution in [2.24, 2.45) is 0 Å². The van der Waals surface area contributed by atoms with E-state index in [1.807, 2.05) is 19.9 Å². The van der Waals surface area contributed by atoms with Crippen LogP contribution in [0.15, 0.2) is 11.2 Å². The van der Waals surface area contributed by atoms with Crippen LogP contribution in [0.3, 0.4) is 0 Å². The van der Waals surface area contributed by atoms with Gasteiger partial charge in [-0.15, -0.1) is 0 Å². The molecule has 0 unspecified atom stereocenters. The van der Waals surface area contributed by atoms with Crippen molar-refractivity contribution in [3.05, 3.63) is 17.5 Å². The molecule has 15 heavy (non-hydrogen) atoms. The van der Waals surface area contributed by atoms with Crippen molar-refractivity contribution in [3.63, 3.8) is 0 Å². The molecule has 0 atom stereocenters. The van der Waals surface area contributed by atoms with Crippen molar-refractivity contribution in [2.75, 3.05) is 6.54 Å². The first-order chi connectivity index (χ1) is 7.22. The maximum Gasteiger partial charge on any atom is 0.203 e. The highest BCUT2D eigenvalue weighted by molar-refractivity contribution is 7.97. The first-order valence-corrected chi connectivity index (χ1v) is 6.26. The predicted molar refractivity (Wildman–Crippen MR) is 64.9 cm³/mol. The van der Waals surface area contributed by atoms with Gasteiger partial charge in [0.2, 0.25) is 5.16 Å². The van der Waals surface area contributed by atoms with Crippen LogP contribution in [0.25, 0.3) is 0 Å². The highest BCUT2D eigenvalue weighted by atomic mass is 32.2. The smallest absolute Gasteiger partial charge is 0.203 e. The molecule has 4 heteroatoms. The number of unbranched alkanes of at least 4 members (excludes halogenated alkanes) is 2. The molecule has 0 aliphatic carbocycles. The minimum atomic E-state index is 0.823. The number of aromatic nitrogens is 2.